The molecule has 0 aliphatic heterocycles. The van der Waals surface area contributed by atoms with Crippen molar-refractivity contribution in [3.8, 4) is 0 Å². The molecule has 0 unspecified atom stereocenters. The zero-order valence-electron chi connectivity index (χ0n) is 16.9. The maximum absolute atomic E-state index is 14.1. The molecule has 1 atom stereocenters. The van der Waals surface area contributed by atoms with Gasteiger partial charge in [0.05, 0.1) is 17.2 Å². The molecule has 0 saturated carbocycles. The van der Waals surface area contributed by atoms with E-state index in [1.54, 1.807) is 57.2 Å². The maximum atomic E-state index is 14.1. The number of hydrogen-bond donors (Lipinski definition) is 2. The largest absolute Gasteiger partial charge is 0.345 e. The van der Waals surface area contributed by atoms with Gasteiger partial charge in [-0.2, -0.15) is 0 Å². The van der Waals surface area contributed by atoms with Gasteiger partial charge in [-0.3, -0.25) is 9.59 Å². The fourth-order valence-corrected chi connectivity index (χ4v) is 3.16. The number of amides is 2. The number of rotatable bonds is 5. The third-order valence-corrected chi connectivity index (χ3v) is 4.76. The van der Waals surface area contributed by atoms with Crippen molar-refractivity contribution < 1.29 is 18.4 Å². The van der Waals surface area contributed by atoms with Crippen LogP contribution in [-0.4, -0.2) is 11.8 Å². The molecule has 3 aromatic rings. The molecule has 0 aliphatic rings. The van der Waals surface area contributed by atoms with Crippen LogP contribution in [0.4, 0.5) is 14.5 Å². The van der Waals surface area contributed by atoms with E-state index in [0.29, 0.717) is 11.3 Å². The van der Waals surface area contributed by atoms with Crippen molar-refractivity contribution in [2.75, 3.05) is 5.32 Å². The lowest BCUT2D eigenvalue weighted by Crippen LogP contribution is -2.28. The molecule has 3 aromatic carbocycles. The third-order valence-electron chi connectivity index (χ3n) is 4.76. The van der Waals surface area contributed by atoms with E-state index >= 15 is 0 Å². The van der Waals surface area contributed by atoms with Gasteiger partial charge in [-0.25, -0.2) is 8.78 Å². The summed E-state index contributed by atoms with van der Waals surface area (Å²) in [7, 11) is 0. The molecule has 0 saturated heterocycles. The topological polar surface area (TPSA) is 58.2 Å². The average molecular weight is 408 g/mol. The van der Waals surface area contributed by atoms with Crippen LogP contribution in [0.2, 0.25) is 0 Å². The molecule has 0 bridgehead atoms. The molecular weight excluding hydrogens is 386 g/mol. The minimum atomic E-state index is -0.619. The first-order chi connectivity index (χ1) is 14.3. The van der Waals surface area contributed by atoms with E-state index in [2.05, 4.69) is 10.6 Å². The van der Waals surface area contributed by atoms with Gasteiger partial charge in [-0.1, -0.05) is 41.5 Å². The average Bonchev–Trinajstić information content (AvgIpc) is 2.71. The highest BCUT2D eigenvalue weighted by atomic mass is 19.1. The summed E-state index contributed by atoms with van der Waals surface area (Å²) in [4.78, 5) is 25.2. The number of carbonyl (C=O) groups is 2. The number of benzene rings is 3. The van der Waals surface area contributed by atoms with Crippen molar-refractivity contribution in [3.63, 3.8) is 0 Å². The molecule has 6 heteroatoms. The molecule has 0 spiro atoms. The Balaban J connectivity index is 1.82. The SMILES string of the molecule is Cc1ccc(F)c(C(=O)Nc2ccccc2[C@@H](C)NC(=O)c2cc(C)ccc2F)c1. The van der Waals surface area contributed by atoms with Crippen molar-refractivity contribution in [1.82, 2.24) is 5.32 Å². The second-order valence-corrected chi connectivity index (χ2v) is 7.20. The van der Waals surface area contributed by atoms with Crippen molar-refractivity contribution in [3.05, 3.63) is 100 Å². The molecule has 2 N–H and O–H groups in total. The van der Waals surface area contributed by atoms with Gasteiger partial charge in [0, 0.05) is 5.69 Å². The number of anilines is 1. The van der Waals surface area contributed by atoms with Crippen LogP contribution < -0.4 is 10.6 Å². The summed E-state index contributed by atoms with van der Waals surface area (Å²) in [5.41, 5.74) is 2.45. The lowest BCUT2D eigenvalue weighted by molar-refractivity contribution is 0.0935. The summed E-state index contributed by atoms with van der Waals surface area (Å²) in [5.74, 6) is -2.38. The summed E-state index contributed by atoms with van der Waals surface area (Å²) < 4.78 is 28.1. The van der Waals surface area contributed by atoms with E-state index in [9.17, 15) is 18.4 Å². The molecule has 0 aliphatic carbocycles. The van der Waals surface area contributed by atoms with Crippen molar-refractivity contribution in [2.45, 2.75) is 26.8 Å². The van der Waals surface area contributed by atoms with Gasteiger partial charge in [0.1, 0.15) is 11.6 Å². The first kappa shape index (κ1) is 21.2. The lowest BCUT2D eigenvalue weighted by Gasteiger charge is -2.19. The molecule has 0 radical (unpaired) electrons. The zero-order valence-corrected chi connectivity index (χ0v) is 16.9. The monoisotopic (exact) mass is 408 g/mol. The molecular formula is C24H22F2N2O2. The first-order valence-electron chi connectivity index (χ1n) is 9.49. The highest BCUT2D eigenvalue weighted by molar-refractivity contribution is 6.05. The fraction of sp³-hybridized carbons (Fsp3) is 0.167. The van der Waals surface area contributed by atoms with Crippen molar-refractivity contribution in [1.29, 1.82) is 0 Å². The number of para-hydroxylation sites is 1. The predicted molar refractivity (Wildman–Crippen MR) is 113 cm³/mol. The van der Waals surface area contributed by atoms with Gasteiger partial charge < -0.3 is 10.6 Å². The highest BCUT2D eigenvalue weighted by Crippen LogP contribution is 2.24. The quantitative estimate of drug-likeness (QED) is 0.600. The van der Waals surface area contributed by atoms with Gasteiger partial charge in [0.15, 0.2) is 0 Å². The number of halogens is 2. The summed E-state index contributed by atoms with van der Waals surface area (Å²) in [6, 6.07) is 15.0. The van der Waals surface area contributed by atoms with Gasteiger partial charge in [-0.15, -0.1) is 0 Å². The highest BCUT2D eigenvalue weighted by Gasteiger charge is 2.19. The van der Waals surface area contributed by atoms with Crippen LogP contribution in [0.25, 0.3) is 0 Å². The van der Waals surface area contributed by atoms with Crippen LogP contribution >= 0.6 is 0 Å². The first-order valence-corrected chi connectivity index (χ1v) is 9.49. The van der Waals surface area contributed by atoms with Crippen LogP contribution in [0.1, 0.15) is 50.4 Å². The summed E-state index contributed by atoms with van der Waals surface area (Å²) in [6.07, 6.45) is 0. The molecule has 2 amide bonds. The van der Waals surface area contributed by atoms with Crippen molar-refractivity contribution >= 4 is 17.5 Å². The predicted octanol–water partition coefficient (Wildman–Crippen LogP) is 5.32. The summed E-state index contributed by atoms with van der Waals surface area (Å²) in [5, 5.41) is 5.46. The number of aryl methyl sites for hydroxylation is 2. The Kier molecular flexibility index (Phi) is 6.26. The third kappa shape index (κ3) is 4.71. The van der Waals surface area contributed by atoms with E-state index in [4.69, 9.17) is 0 Å². The van der Waals surface area contributed by atoms with Gasteiger partial charge >= 0.3 is 0 Å². The standard InChI is InChI=1S/C24H22F2N2O2/c1-14-8-10-20(25)18(12-14)23(29)27-16(3)17-6-4-5-7-22(17)28-24(30)19-13-15(2)9-11-21(19)26/h4-13,16H,1-3H3,(H,27,29)(H,28,30)/t16-/m1/s1. The second kappa shape index (κ2) is 8.86. The Morgan fingerprint density at radius 1 is 0.800 bits per heavy atom. The number of hydrogen-bond acceptors (Lipinski definition) is 2. The maximum Gasteiger partial charge on any atom is 0.258 e. The Hall–Kier alpha value is -3.54. The van der Waals surface area contributed by atoms with Crippen LogP contribution in [0.5, 0.6) is 0 Å². The molecule has 30 heavy (non-hydrogen) atoms. The van der Waals surface area contributed by atoms with Gasteiger partial charge in [0.2, 0.25) is 0 Å². The molecule has 4 nitrogen and oxygen atoms in total. The van der Waals surface area contributed by atoms with Crippen LogP contribution in [0.3, 0.4) is 0 Å². The van der Waals surface area contributed by atoms with E-state index in [-0.39, 0.29) is 11.1 Å². The molecule has 3 rings (SSSR count). The second-order valence-electron chi connectivity index (χ2n) is 7.20. The van der Waals surface area contributed by atoms with Crippen LogP contribution in [0.15, 0.2) is 60.7 Å². The van der Waals surface area contributed by atoms with Gasteiger partial charge in [-0.05, 0) is 56.7 Å². The van der Waals surface area contributed by atoms with Crippen LogP contribution in [0, 0.1) is 25.5 Å². The minimum Gasteiger partial charge on any atom is -0.345 e. The Bertz CT molecular complexity index is 1110. The Morgan fingerprint density at radius 2 is 1.33 bits per heavy atom. The van der Waals surface area contributed by atoms with Crippen LogP contribution in [-0.2, 0) is 0 Å². The minimum absolute atomic E-state index is 0.0507. The van der Waals surface area contributed by atoms with E-state index in [1.807, 2.05) is 0 Å². The Morgan fingerprint density at radius 3 is 1.93 bits per heavy atom. The number of nitrogens with one attached hydrogen (secondary N) is 2. The molecule has 154 valence electrons. The van der Waals surface area contributed by atoms with E-state index in [1.165, 1.54) is 24.3 Å². The molecule has 0 fully saturated rings. The van der Waals surface area contributed by atoms with Gasteiger partial charge in [0.25, 0.3) is 11.8 Å². The Labute approximate surface area is 173 Å². The summed E-state index contributed by atoms with van der Waals surface area (Å²) in [6.45, 7) is 5.27. The zero-order chi connectivity index (χ0) is 21.8. The molecule has 0 heterocycles. The van der Waals surface area contributed by atoms with Crippen molar-refractivity contribution in [2.24, 2.45) is 0 Å². The lowest BCUT2D eigenvalue weighted by atomic mass is 10.0. The number of carbonyl (C=O) groups excluding carboxylic acids is 2. The fourth-order valence-electron chi connectivity index (χ4n) is 3.16. The van der Waals surface area contributed by atoms with E-state index < -0.39 is 29.5 Å². The summed E-state index contributed by atoms with van der Waals surface area (Å²) >= 11 is 0. The molecule has 0 aromatic heterocycles. The normalized spacial score (nSPS) is 11.6. The van der Waals surface area contributed by atoms with E-state index in [0.717, 1.165) is 11.1 Å². The smallest absolute Gasteiger partial charge is 0.258 e.